The summed E-state index contributed by atoms with van der Waals surface area (Å²) in [4.78, 5) is 0. The normalized spacial score (nSPS) is 12.9. The molecule has 0 aliphatic rings. The molecule has 0 N–H and O–H groups in total. The van der Waals surface area contributed by atoms with Crippen molar-refractivity contribution in [1.82, 2.24) is 0 Å². The van der Waals surface area contributed by atoms with Gasteiger partial charge in [-0.3, -0.25) is 0 Å². The summed E-state index contributed by atoms with van der Waals surface area (Å²) < 4.78 is 5.93. The topological polar surface area (TPSA) is 56.8 Å². The van der Waals surface area contributed by atoms with Gasteiger partial charge in [-0.1, -0.05) is 92.6 Å². The van der Waals surface area contributed by atoms with Crippen molar-refractivity contribution in [2.75, 3.05) is 7.11 Å². The van der Waals surface area contributed by atoms with E-state index in [1.54, 1.807) is 7.11 Å². The van der Waals surface area contributed by atoms with Crippen molar-refractivity contribution in [3.8, 4) is 17.9 Å². The van der Waals surface area contributed by atoms with Crippen LogP contribution in [0.4, 0.5) is 0 Å². The van der Waals surface area contributed by atoms with E-state index in [-0.39, 0.29) is 17.3 Å². The van der Waals surface area contributed by atoms with Crippen molar-refractivity contribution < 1.29 is 4.74 Å². The van der Waals surface area contributed by atoms with E-state index in [1.807, 2.05) is 62.4 Å². The number of nitriles is 2. The zero-order valence-electron chi connectivity index (χ0n) is 21.1. The molecule has 0 aliphatic carbocycles. The summed E-state index contributed by atoms with van der Waals surface area (Å²) in [6.07, 6.45) is 1.11. The van der Waals surface area contributed by atoms with Gasteiger partial charge in [0.1, 0.15) is 5.75 Å². The Bertz CT molecular complexity index is 1120. The molecule has 0 bridgehead atoms. The van der Waals surface area contributed by atoms with Crippen LogP contribution in [0, 0.1) is 36.5 Å². The number of methoxy groups -OCH3 is 1. The maximum atomic E-state index is 9.99. The van der Waals surface area contributed by atoms with E-state index >= 15 is 0 Å². The van der Waals surface area contributed by atoms with Gasteiger partial charge in [0.05, 0.1) is 31.1 Å². The number of hydrogen-bond donors (Lipinski definition) is 0. The predicted molar refractivity (Wildman–Crippen MR) is 138 cm³/mol. The van der Waals surface area contributed by atoms with Crippen molar-refractivity contribution in [2.24, 2.45) is 0 Å². The van der Waals surface area contributed by atoms with E-state index in [1.165, 1.54) is 16.7 Å². The van der Waals surface area contributed by atoms with Crippen LogP contribution in [0.3, 0.4) is 0 Å². The molecule has 3 heteroatoms. The smallest absolute Gasteiger partial charge is 0.125 e. The van der Waals surface area contributed by atoms with Gasteiger partial charge in [-0.2, -0.15) is 10.5 Å². The third-order valence-electron chi connectivity index (χ3n) is 6.43. The summed E-state index contributed by atoms with van der Waals surface area (Å²) in [5, 5.41) is 20.0. The van der Waals surface area contributed by atoms with E-state index in [4.69, 9.17) is 4.74 Å². The molecule has 0 amide bonds. The molecule has 0 aliphatic heterocycles. The monoisotopic (exact) mass is 450 g/mol. The summed E-state index contributed by atoms with van der Waals surface area (Å²) in [6, 6.07) is 25.7. The lowest BCUT2D eigenvalue weighted by Crippen LogP contribution is -2.15. The zero-order chi connectivity index (χ0) is 24.9. The highest BCUT2D eigenvalue weighted by Crippen LogP contribution is 2.37. The lowest BCUT2D eigenvalue weighted by atomic mass is 9.81. The highest BCUT2D eigenvalue weighted by atomic mass is 16.5. The minimum atomic E-state index is -0.276. The van der Waals surface area contributed by atoms with Gasteiger partial charge in [0.15, 0.2) is 0 Å². The number of ether oxygens (including phenoxy) is 1. The standard InChI is InChI=1S/C31H34N2O/c1-21-7-11-23(12-8-21)27(19-32)15-25-17-29(31(3,4)5)18-26(30(25)34-6)16-28(20-33)24-13-9-22(2)10-14-24/h7-14,17-18,27-28H,15-16H2,1-6H3. The van der Waals surface area contributed by atoms with Crippen LogP contribution in [0.15, 0.2) is 60.7 Å². The molecule has 2 unspecified atom stereocenters. The van der Waals surface area contributed by atoms with Gasteiger partial charge in [-0.05, 0) is 59.9 Å². The third kappa shape index (κ3) is 5.86. The van der Waals surface area contributed by atoms with Gasteiger partial charge in [0.2, 0.25) is 0 Å². The molecule has 0 radical (unpaired) electrons. The average Bonchev–Trinajstić information content (AvgIpc) is 2.81. The molecule has 3 rings (SSSR count). The highest BCUT2D eigenvalue weighted by molar-refractivity contribution is 5.49. The minimum absolute atomic E-state index is 0.0756. The molecule has 174 valence electrons. The number of hydrogen-bond acceptors (Lipinski definition) is 3. The molecule has 3 aromatic carbocycles. The highest BCUT2D eigenvalue weighted by Gasteiger charge is 2.24. The van der Waals surface area contributed by atoms with E-state index < -0.39 is 0 Å². The lowest BCUT2D eigenvalue weighted by Gasteiger charge is -2.25. The summed E-state index contributed by atoms with van der Waals surface area (Å²) in [6.45, 7) is 10.7. The third-order valence-corrected chi connectivity index (χ3v) is 6.43. The fraction of sp³-hybridized carbons (Fsp3) is 0.355. The number of rotatable bonds is 7. The first-order valence-electron chi connectivity index (χ1n) is 11.8. The molecule has 0 fully saturated rings. The van der Waals surface area contributed by atoms with Crippen LogP contribution >= 0.6 is 0 Å². The molecular formula is C31H34N2O. The molecule has 34 heavy (non-hydrogen) atoms. The van der Waals surface area contributed by atoms with Crippen LogP contribution in [0.5, 0.6) is 5.75 Å². The summed E-state index contributed by atoms with van der Waals surface area (Å²) in [7, 11) is 1.68. The van der Waals surface area contributed by atoms with Crippen LogP contribution in [-0.4, -0.2) is 7.11 Å². The second kappa shape index (κ2) is 10.6. The SMILES string of the molecule is COc1c(CC(C#N)c2ccc(C)cc2)cc(C(C)(C)C)cc1CC(C#N)c1ccc(C)cc1. The Morgan fingerprint density at radius 1 is 0.735 bits per heavy atom. The molecule has 2 atom stereocenters. The van der Waals surface area contributed by atoms with E-state index in [2.05, 4.69) is 45.0 Å². The fourth-order valence-corrected chi connectivity index (χ4v) is 4.27. The second-order valence-electron chi connectivity index (χ2n) is 10.2. The molecule has 0 saturated heterocycles. The largest absolute Gasteiger partial charge is 0.496 e. The molecule has 0 saturated carbocycles. The first kappa shape index (κ1) is 25.1. The van der Waals surface area contributed by atoms with E-state index in [0.29, 0.717) is 12.8 Å². The van der Waals surface area contributed by atoms with Gasteiger partial charge in [-0.15, -0.1) is 0 Å². The molecule has 0 spiro atoms. The number of aryl methyl sites for hydroxylation is 2. The molecule has 0 heterocycles. The van der Waals surface area contributed by atoms with Crippen LogP contribution < -0.4 is 4.74 Å². The van der Waals surface area contributed by atoms with Crippen molar-refractivity contribution in [3.63, 3.8) is 0 Å². The van der Waals surface area contributed by atoms with Gasteiger partial charge >= 0.3 is 0 Å². The Morgan fingerprint density at radius 3 is 1.41 bits per heavy atom. The Morgan fingerprint density at radius 2 is 1.12 bits per heavy atom. The minimum Gasteiger partial charge on any atom is -0.496 e. The average molecular weight is 451 g/mol. The van der Waals surface area contributed by atoms with Crippen LogP contribution in [0.2, 0.25) is 0 Å². The molecule has 3 nitrogen and oxygen atoms in total. The van der Waals surface area contributed by atoms with Gasteiger partial charge < -0.3 is 4.74 Å². The Labute approximate surface area is 204 Å². The summed E-state index contributed by atoms with van der Waals surface area (Å²) in [5.41, 5.74) is 7.49. The Balaban J connectivity index is 2.06. The first-order valence-corrected chi connectivity index (χ1v) is 11.8. The van der Waals surface area contributed by atoms with Crippen molar-refractivity contribution in [3.05, 3.63) is 99.6 Å². The van der Waals surface area contributed by atoms with E-state index in [9.17, 15) is 10.5 Å². The second-order valence-corrected chi connectivity index (χ2v) is 10.2. The predicted octanol–water partition coefficient (Wildman–Crippen LogP) is 7.31. The summed E-state index contributed by atoms with van der Waals surface area (Å²) in [5.74, 6) is 0.232. The number of nitrogens with zero attached hydrogens (tertiary/aromatic N) is 2. The van der Waals surface area contributed by atoms with Crippen LogP contribution in [0.25, 0.3) is 0 Å². The first-order chi connectivity index (χ1) is 16.2. The summed E-state index contributed by atoms with van der Waals surface area (Å²) >= 11 is 0. The molecule has 3 aromatic rings. The Hall–Kier alpha value is -3.56. The lowest BCUT2D eigenvalue weighted by molar-refractivity contribution is 0.402. The number of benzene rings is 3. The van der Waals surface area contributed by atoms with Crippen LogP contribution in [0.1, 0.15) is 71.6 Å². The van der Waals surface area contributed by atoms with Gasteiger partial charge in [-0.25, -0.2) is 0 Å². The fourth-order valence-electron chi connectivity index (χ4n) is 4.27. The van der Waals surface area contributed by atoms with Crippen molar-refractivity contribution in [2.45, 2.75) is 64.7 Å². The van der Waals surface area contributed by atoms with E-state index in [0.717, 1.165) is 28.0 Å². The Kier molecular flexibility index (Phi) is 7.80. The maximum Gasteiger partial charge on any atom is 0.125 e. The van der Waals surface area contributed by atoms with Gasteiger partial charge in [0.25, 0.3) is 0 Å². The maximum absolute atomic E-state index is 9.99. The quantitative estimate of drug-likeness (QED) is 0.379. The zero-order valence-corrected chi connectivity index (χ0v) is 21.1. The van der Waals surface area contributed by atoms with Crippen molar-refractivity contribution >= 4 is 0 Å². The molecule has 0 aromatic heterocycles. The van der Waals surface area contributed by atoms with Crippen molar-refractivity contribution in [1.29, 1.82) is 10.5 Å². The van der Waals surface area contributed by atoms with Crippen LogP contribution in [-0.2, 0) is 18.3 Å². The molecular weight excluding hydrogens is 416 g/mol. The van der Waals surface area contributed by atoms with Gasteiger partial charge in [0, 0.05) is 0 Å².